The number of hydrogen-bond acceptors (Lipinski definition) is 2. The lowest BCUT2D eigenvalue weighted by molar-refractivity contribution is 0.0789. The molecule has 4 heteroatoms. The molecule has 0 bridgehead atoms. The molecular weight excluding hydrogens is 180 g/mol. The number of carbonyl (C=O) groups is 1. The summed E-state index contributed by atoms with van der Waals surface area (Å²) in [6, 6.07) is 4.83. The number of aromatic nitrogens is 1. The number of hydrogen-bond donors (Lipinski definition) is 1. The summed E-state index contributed by atoms with van der Waals surface area (Å²) < 4.78 is 1.61. The highest BCUT2D eigenvalue weighted by atomic mass is 16.2. The Balaban J connectivity index is 2.31. The normalized spacial score (nSPS) is 21.6. The Kier molecular flexibility index (Phi) is 1.26. The second kappa shape index (κ2) is 2.26. The van der Waals surface area contributed by atoms with E-state index < -0.39 is 0 Å². The Labute approximate surface area is 80.5 Å². The van der Waals surface area contributed by atoms with Gasteiger partial charge in [-0.3, -0.25) is 14.2 Å². The molecule has 2 aliphatic rings. The van der Waals surface area contributed by atoms with E-state index in [0.29, 0.717) is 5.69 Å². The van der Waals surface area contributed by atoms with Crippen LogP contribution in [0.5, 0.6) is 0 Å². The number of fused-ring (bicyclic) bond motifs is 2. The van der Waals surface area contributed by atoms with Crippen LogP contribution in [0.25, 0.3) is 0 Å². The van der Waals surface area contributed by atoms with Gasteiger partial charge in [0.05, 0.1) is 0 Å². The average molecular weight is 190 g/mol. The predicted molar refractivity (Wildman–Crippen MR) is 50.0 cm³/mol. The average Bonchev–Trinajstić information content (AvgIpc) is 2.41. The first-order valence-corrected chi connectivity index (χ1v) is 4.78. The molecule has 0 atom stereocenters. The fourth-order valence-corrected chi connectivity index (χ4v) is 2.30. The van der Waals surface area contributed by atoms with Gasteiger partial charge in [0.25, 0.3) is 11.5 Å². The van der Waals surface area contributed by atoms with Gasteiger partial charge < -0.3 is 5.32 Å². The van der Waals surface area contributed by atoms with Crippen LogP contribution in [0.1, 0.15) is 29.8 Å². The monoisotopic (exact) mass is 190 g/mol. The molecule has 0 aromatic carbocycles. The lowest BCUT2D eigenvalue weighted by atomic mass is 9.85. The Hall–Kier alpha value is -1.58. The molecule has 3 rings (SSSR count). The van der Waals surface area contributed by atoms with Crippen molar-refractivity contribution in [2.75, 3.05) is 0 Å². The van der Waals surface area contributed by atoms with Gasteiger partial charge in [-0.25, -0.2) is 0 Å². The zero-order chi connectivity index (χ0) is 9.76. The molecule has 1 aliphatic heterocycles. The molecule has 0 saturated heterocycles. The van der Waals surface area contributed by atoms with E-state index in [1.54, 1.807) is 16.7 Å². The van der Waals surface area contributed by atoms with Crippen molar-refractivity contribution >= 4 is 5.91 Å². The van der Waals surface area contributed by atoms with Crippen molar-refractivity contribution in [3.63, 3.8) is 0 Å². The van der Waals surface area contributed by atoms with Crippen molar-refractivity contribution in [2.24, 2.45) is 0 Å². The van der Waals surface area contributed by atoms with E-state index in [2.05, 4.69) is 5.32 Å². The van der Waals surface area contributed by atoms with Crippen LogP contribution in [-0.4, -0.2) is 10.5 Å². The highest BCUT2D eigenvalue weighted by Crippen LogP contribution is 2.39. The van der Waals surface area contributed by atoms with Gasteiger partial charge in [0.1, 0.15) is 11.4 Å². The van der Waals surface area contributed by atoms with Crippen molar-refractivity contribution in [1.29, 1.82) is 0 Å². The SMILES string of the molecule is O=C1NC2(CCC2)n2c1cccc2=O. The van der Waals surface area contributed by atoms with Crippen molar-refractivity contribution in [3.05, 3.63) is 34.2 Å². The van der Waals surface area contributed by atoms with Crippen molar-refractivity contribution in [3.8, 4) is 0 Å². The van der Waals surface area contributed by atoms with E-state index in [0.717, 1.165) is 19.3 Å². The third-order valence-electron chi connectivity index (χ3n) is 3.14. The molecule has 0 unspecified atom stereocenters. The van der Waals surface area contributed by atoms with Crippen LogP contribution in [0, 0.1) is 0 Å². The molecule has 1 spiro atoms. The molecule has 1 saturated carbocycles. The maximum Gasteiger partial charge on any atom is 0.269 e. The smallest absolute Gasteiger partial charge is 0.269 e. The minimum Gasteiger partial charge on any atom is -0.327 e. The van der Waals surface area contributed by atoms with E-state index in [-0.39, 0.29) is 17.1 Å². The van der Waals surface area contributed by atoms with Gasteiger partial charge in [-0.05, 0) is 25.3 Å². The standard InChI is InChI=1S/C10H10N2O2/c13-8-4-1-3-7-9(14)11-10(12(7)8)5-2-6-10/h1,3-4H,2,5-6H2,(H,11,14). The zero-order valence-electron chi connectivity index (χ0n) is 7.62. The second-order valence-electron chi connectivity index (χ2n) is 3.92. The minimum atomic E-state index is -0.384. The van der Waals surface area contributed by atoms with Crippen LogP contribution in [0.3, 0.4) is 0 Å². The zero-order valence-corrected chi connectivity index (χ0v) is 7.62. The van der Waals surface area contributed by atoms with Crippen LogP contribution >= 0.6 is 0 Å². The first kappa shape index (κ1) is 7.79. The Bertz CT molecular complexity index is 471. The van der Waals surface area contributed by atoms with E-state index >= 15 is 0 Å². The summed E-state index contributed by atoms with van der Waals surface area (Å²) in [7, 11) is 0. The summed E-state index contributed by atoms with van der Waals surface area (Å²) in [5.74, 6) is -0.123. The third-order valence-corrected chi connectivity index (χ3v) is 3.14. The van der Waals surface area contributed by atoms with Crippen LogP contribution in [0.2, 0.25) is 0 Å². The highest BCUT2D eigenvalue weighted by Gasteiger charge is 2.47. The fraction of sp³-hybridized carbons (Fsp3) is 0.400. The van der Waals surface area contributed by atoms with Crippen LogP contribution < -0.4 is 10.9 Å². The van der Waals surface area contributed by atoms with Gasteiger partial charge in [0.15, 0.2) is 0 Å². The topological polar surface area (TPSA) is 51.1 Å². The molecule has 14 heavy (non-hydrogen) atoms. The van der Waals surface area contributed by atoms with E-state index in [1.807, 2.05) is 0 Å². The highest BCUT2D eigenvalue weighted by molar-refractivity contribution is 5.95. The lowest BCUT2D eigenvalue weighted by Gasteiger charge is -2.39. The molecular formula is C10H10N2O2. The van der Waals surface area contributed by atoms with Gasteiger partial charge in [0, 0.05) is 6.07 Å². The Morgan fingerprint density at radius 3 is 2.71 bits per heavy atom. The molecule has 72 valence electrons. The maximum atomic E-state index is 11.6. The largest absolute Gasteiger partial charge is 0.327 e. The van der Waals surface area contributed by atoms with Gasteiger partial charge >= 0.3 is 0 Å². The number of nitrogens with zero attached hydrogens (tertiary/aromatic N) is 1. The van der Waals surface area contributed by atoms with Crippen molar-refractivity contribution < 1.29 is 4.79 Å². The number of rotatable bonds is 0. The molecule has 0 radical (unpaired) electrons. The summed E-state index contributed by atoms with van der Waals surface area (Å²) in [5, 5.41) is 2.90. The molecule has 1 aromatic rings. The molecule has 1 amide bonds. The van der Waals surface area contributed by atoms with Gasteiger partial charge in [-0.15, -0.1) is 0 Å². The van der Waals surface area contributed by atoms with Crippen LogP contribution in [0.4, 0.5) is 0 Å². The minimum absolute atomic E-state index is 0.0828. The summed E-state index contributed by atoms with van der Waals surface area (Å²) in [6.07, 6.45) is 2.81. The summed E-state index contributed by atoms with van der Waals surface area (Å²) >= 11 is 0. The molecule has 1 N–H and O–H groups in total. The first-order valence-electron chi connectivity index (χ1n) is 4.78. The fourth-order valence-electron chi connectivity index (χ4n) is 2.30. The van der Waals surface area contributed by atoms with Gasteiger partial charge in [0.2, 0.25) is 0 Å². The van der Waals surface area contributed by atoms with Crippen molar-refractivity contribution in [1.82, 2.24) is 9.88 Å². The van der Waals surface area contributed by atoms with Crippen LogP contribution in [0.15, 0.2) is 23.0 Å². The first-order chi connectivity index (χ1) is 6.73. The summed E-state index contributed by atoms with van der Waals surface area (Å²) in [5.41, 5.74) is 0.0304. The second-order valence-corrected chi connectivity index (χ2v) is 3.92. The Morgan fingerprint density at radius 2 is 2.07 bits per heavy atom. The van der Waals surface area contributed by atoms with Crippen LogP contribution in [-0.2, 0) is 5.66 Å². The summed E-state index contributed by atoms with van der Waals surface area (Å²) in [6.45, 7) is 0. The van der Waals surface area contributed by atoms with Gasteiger partial charge in [-0.1, -0.05) is 6.07 Å². The predicted octanol–water partition coefficient (Wildman–Crippen LogP) is 0.428. The van der Waals surface area contributed by atoms with E-state index in [9.17, 15) is 9.59 Å². The van der Waals surface area contributed by atoms with E-state index in [1.165, 1.54) is 6.07 Å². The van der Waals surface area contributed by atoms with Gasteiger partial charge in [-0.2, -0.15) is 0 Å². The third kappa shape index (κ3) is 0.737. The number of carbonyl (C=O) groups excluding carboxylic acids is 1. The molecule has 1 fully saturated rings. The number of nitrogens with one attached hydrogen (secondary N) is 1. The molecule has 2 heterocycles. The van der Waals surface area contributed by atoms with Crippen molar-refractivity contribution in [2.45, 2.75) is 24.9 Å². The lowest BCUT2D eigenvalue weighted by Crippen LogP contribution is -2.52. The molecule has 1 aromatic heterocycles. The molecule has 4 nitrogen and oxygen atoms in total. The maximum absolute atomic E-state index is 11.6. The Morgan fingerprint density at radius 1 is 1.29 bits per heavy atom. The number of pyridine rings is 1. The quantitative estimate of drug-likeness (QED) is 0.645. The molecule has 1 aliphatic carbocycles. The number of amides is 1. The van der Waals surface area contributed by atoms with E-state index in [4.69, 9.17) is 0 Å². The summed E-state index contributed by atoms with van der Waals surface area (Å²) in [4.78, 5) is 23.2.